The van der Waals surface area contributed by atoms with E-state index in [4.69, 9.17) is 0 Å². The summed E-state index contributed by atoms with van der Waals surface area (Å²) in [6.45, 7) is 7.51. The fourth-order valence-corrected chi connectivity index (χ4v) is 2.90. The van der Waals surface area contributed by atoms with Crippen molar-refractivity contribution in [2.24, 2.45) is 11.8 Å². The van der Waals surface area contributed by atoms with Gasteiger partial charge in [-0.3, -0.25) is 10.1 Å². The van der Waals surface area contributed by atoms with E-state index in [-0.39, 0.29) is 12.2 Å². The molecule has 2 atom stereocenters. The van der Waals surface area contributed by atoms with Gasteiger partial charge in [0.25, 0.3) is 0 Å². The zero-order valence-electron chi connectivity index (χ0n) is 12.1. The molecule has 1 heterocycles. The van der Waals surface area contributed by atoms with Crippen LogP contribution in [0.5, 0.6) is 0 Å². The monoisotopic (exact) mass is 252 g/mol. The second-order valence-electron chi connectivity index (χ2n) is 6.39. The molecule has 0 radical (unpaired) electrons. The standard InChI is InChI=1S/C15H28N2O/c1-4-13-15(18)17(9-5-6-12-7-8-12)14(16-13)10-11(2)3/h11-14,16H,4-10H2,1-3H3. The summed E-state index contributed by atoms with van der Waals surface area (Å²) in [4.78, 5) is 14.4. The molecular formula is C15H28N2O. The number of rotatable bonds is 7. The van der Waals surface area contributed by atoms with E-state index < -0.39 is 0 Å². The smallest absolute Gasteiger partial charge is 0.241 e. The Labute approximate surface area is 111 Å². The average Bonchev–Trinajstić information content (AvgIpc) is 3.08. The molecule has 2 fully saturated rings. The largest absolute Gasteiger partial charge is 0.326 e. The van der Waals surface area contributed by atoms with E-state index in [9.17, 15) is 4.79 Å². The van der Waals surface area contributed by atoms with Gasteiger partial charge in [0.1, 0.15) is 0 Å². The van der Waals surface area contributed by atoms with Crippen molar-refractivity contribution in [3.8, 4) is 0 Å². The van der Waals surface area contributed by atoms with Crippen molar-refractivity contribution in [2.45, 2.75) is 71.5 Å². The molecule has 1 aliphatic heterocycles. The van der Waals surface area contributed by atoms with E-state index in [1.807, 2.05) is 0 Å². The SMILES string of the molecule is CCC1NC(CC(C)C)N(CCCC2CC2)C1=O. The maximum atomic E-state index is 12.3. The summed E-state index contributed by atoms with van der Waals surface area (Å²) in [6, 6.07) is 0.0645. The molecule has 1 aliphatic carbocycles. The fourth-order valence-electron chi connectivity index (χ4n) is 2.90. The number of nitrogens with zero attached hydrogens (tertiary/aromatic N) is 1. The van der Waals surface area contributed by atoms with E-state index in [2.05, 4.69) is 31.0 Å². The van der Waals surface area contributed by atoms with E-state index in [0.717, 1.165) is 25.3 Å². The van der Waals surface area contributed by atoms with Crippen molar-refractivity contribution < 1.29 is 4.79 Å². The Kier molecular flexibility index (Phi) is 4.66. The summed E-state index contributed by atoms with van der Waals surface area (Å²) < 4.78 is 0. The molecule has 1 amide bonds. The molecule has 1 saturated carbocycles. The maximum Gasteiger partial charge on any atom is 0.241 e. The quantitative estimate of drug-likeness (QED) is 0.755. The second-order valence-corrected chi connectivity index (χ2v) is 6.39. The third-order valence-electron chi connectivity index (χ3n) is 4.16. The Morgan fingerprint density at radius 2 is 2.11 bits per heavy atom. The number of hydrogen-bond donors (Lipinski definition) is 1. The number of hydrogen-bond acceptors (Lipinski definition) is 2. The lowest BCUT2D eigenvalue weighted by atomic mass is 10.1. The van der Waals surface area contributed by atoms with Gasteiger partial charge in [0.05, 0.1) is 12.2 Å². The van der Waals surface area contributed by atoms with Gasteiger partial charge < -0.3 is 4.90 Å². The van der Waals surface area contributed by atoms with Gasteiger partial charge in [0, 0.05) is 6.54 Å². The summed E-state index contributed by atoms with van der Waals surface area (Å²) in [7, 11) is 0. The highest BCUT2D eigenvalue weighted by molar-refractivity contribution is 5.84. The minimum Gasteiger partial charge on any atom is -0.326 e. The van der Waals surface area contributed by atoms with Crippen LogP contribution in [0.3, 0.4) is 0 Å². The first-order valence-corrected chi connectivity index (χ1v) is 7.68. The molecule has 0 spiro atoms. The van der Waals surface area contributed by atoms with Gasteiger partial charge in [-0.1, -0.05) is 33.6 Å². The molecule has 1 N–H and O–H groups in total. The van der Waals surface area contributed by atoms with Crippen molar-refractivity contribution in [1.82, 2.24) is 10.2 Å². The first-order valence-electron chi connectivity index (χ1n) is 7.68. The molecule has 2 unspecified atom stereocenters. The molecule has 0 aromatic heterocycles. The minimum atomic E-state index is 0.0645. The number of carbonyl (C=O) groups is 1. The van der Waals surface area contributed by atoms with E-state index in [1.165, 1.54) is 25.7 Å². The lowest BCUT2D eigenvalue weighted by Crippen LogP contribution is -2.39. The van der Waals surface area contributed by atoms with Crippen LogP contribution in [0.25, 0.3) is 0 Å². The summed E-state index contributed by atoms with van der Waals surface area (Å²) >= 11 is 0. The second kappa shape index (κ2) is 6.05. The molecule has 2 rings (SSSR count). The normalized spacial score (nSPS) is 28.4. The van der Waals surface area contributed by atoms with Gasteiger partial charge in [-0.05, 0) is 37.5 Å². The highest BCUT2D eigenvalue weighted by Crippen LogP contribution is 2.33. The van der Waals surface area contributed by atoms with Crippen molar-refractivity contribution in [1.29, 1.82) is 0 Å². The Morgan fingerprint density at radius 3 is 2.67 bits per heavy atom. The van der Waals surface area contributed by atoms with Gasteiger partial charge in [-0.2, -0.15) is 0 Å². The summed E-state index contributed by atoms with van der Waals surface area (Å²) in [5.41, 5.74) is 0. The molecule has 3 heteroatoms. The first-order chi connectivity index (χ1) is 8.61. The van der Waals surface area contributed by atoms with Crippen LogP contribution in [0.1, 0.15) is 59.3 Å². The average molecular weight is 252 g/mol. The Hall–Kier alpha value is -0.570. The molecule has 0 bridgehead atoms. The predicted molar refractivity (Wildman–Crippen MR) is 74.1 cm³/mol. The Bertz CT molecular complexity index is 286. The van der Waals surface area contributed by atoms with Gasteiger partial charge in [-0.25, -0.2) is 0 Å². The summed E-state index contributed by atoms with van der Waals surface area (Å²) in [5.74, 6) is 1.94. The van der Waals surface area contributed by atoms with Crippen LogP contribution >= 0.6 is 0 Å². The lowest BCUT2D eigenvalue weighted by molar-refractivity contribution is -0.130. The molecular weight excluding hydrogens is 224 g/mol. The fraction of sp³-hybridized carbons (Fsp3) is 0.933. The lowest BCUT2D eigenvalue weighted by Gasteiger charge is -2.25. The molecule has 18 heavy (non-hydrogen) atoms. The van der Waals surface area contributed by atoms with Crippen LogP contribution in [0.4, 0.5) is 0 Å². The van der Waals surface area contributed by atoms with Crippen LogP contribution in [0.2, 0.25) is 0 Å². The Morgan fingerprint density at radius 1 is 1.39 bits per heavy atom. The van der Waals surface area contributed by atoms with Gasteiger partial charge in [0.2, 0.25) is 5.91 Å². The van der Waals surface area contributed by atoms with E-state index in [1.54, 1.807) is 0 Å². The summed E-state index contributed by atoms with van der Waals surface area (Å²) in [6.07, 6.45) is 7.59. The third-order valence-corrected chi connectivity index (χ3v) is 4.16. The van der Waals surface area contributed by atoms with Crippen molar-refractivity contribution in [3.05, 3.63) is 0 Å². The molecule has 3 nitrogen and oxygen atoms in total. The number of carbonyl (C=O) groups excluding carboxylic acids is 1. The Balaban J connectivity index is 1.86. The zero-order valence-corrected chi connectivity index (χ0v) is 12.1. The molecule has 0 aromatic carbocycles. The van der Waals surface area contributed by atoms with Gasteiger partial charge in [0.15, 0.2) is 0 Å². The molecule has 104 valence electrons. The highest BCUT2D eigenvalue weighted by atomic mass is 16.2. The summed E-state index contributed by atoms with van der Waals surface area (Å²) in [5, 5.41) is 3.50. The maximum absolute atomic E-state index is 12.3. The molecule has 2 aliphatic rings. The molecule has 0 aromatic rings. The van der Waals surface area contributed by atoms with E-state index in [0.29, 0.717) is 11.8 Å². The van der Waals surface area contributed by atoms with Crippen LogP contribution in [0, 0.1) is 11.8 Å². The molecule has 1 saturated heterocycles. The topological polar surface area (TPSA) is 32.3 Å². The van der Waals surface area contributed by atoms with Gasteiger partial charge >= 0.3 is 0 Å². The van der Waals surface area contributed by atoms with Gasteiger partial charge in [-0.15, -0.1) is 0 Å². The van der Waals surface area contributed by atoms with Crippen LogP contribution in [0.15, 0.2) is 0 Å². The number of amides is 1. The van der Waals surface area contributed by atoms with Crippen molar-refractivity contribution >= 4 is 5.91 Å². The number of nitrogens with one attached hydrogen (secondary N) is 1. The predicted octanol–water partition coefficient (Wildman–Crippen LogP) is 2.76. The van der Waals surface area contributed by atoms with E-state index >= 15 is 0 Å². The van der Waals surface area contributed by atoms with Crippen LogP contribution in [-0.2, 0) is 4.79 Å². The highest BCUT2D eigenvalue weighted by Gasteiger charge is 2.37. The minimum absolute atomic E-state index is 0.0645. The van der Waals surface area contributed by atoms with Crippen LogP contribution in [-0.4, -0.2) is 29.6 Å². The van der Waals surface area contributed by atoms with Crippen molar-refractivity contribution in [2.75, 3.05) is 6.54 Å². The first kappa shape index (κ1) is 13.9. The third kappa shape index (κ3) is 3.47. The van der Waals surface area contributed by atoms with Crippen LogP contribution < -0.4 is 5.32 Å². The van der Waals surface area contributed by atoms with Crippen molar-refractivity contribution in [3.63, 3.8) is 0 Å². The zero-order chi connectivity index (χ0) is 13.1.